The van der Waals surface area contributed by atoms with E-state index >= 15 is 0 Å². The molecule has 0 saturated carbocycles. The molecule has 1 heterocycles. The molecule has 1 aromatic heterocycles. The maximum atomic E-state index is 12.5. The molecule has 0 N–H and O–H groups in total. The van der Waals surface area contributed by atoms with Gasteiger partial charge in [-0.25, -0.2) is 0 Å². The van der Waals surface area contributed by atoms with Gasteiger partial charge in [0, 0.05) is 11.6 Å². The van der Waals surface area contributed by atoms with E-state index in [4.69, 9.17) is 0 Å². The van der Waals surface area contributed by atoms with Crippen molar-refractivity contribution in [2.45, 2.75) is 68.2 Å². The summed E-state index contributed by atoms with van der Waals surface area (Å²) in [6.07, 6.45) is 3.52. The van der Waals surface area contributed by atoms with Crippen LogP contribution in [0.4, 0.5) is 0 Å². The van der Waals surface area contributed by atoms with Crippen LogP contribution in [0.15, 0.2) is 18.3 Å². The zero-order chi connectivity index (χ0) is 16.0. The Bertz CT molecular complexity index is 437. The van der Waals surface area contributed by atoms with Crippen LogP contribution in [0.5, 0.6) is 0 Å². The quantitative estimate of drug-likeness (QED) is 0.695. The Labute approximate surface area is 125 Å². The van der Waals surface area contributed by atoms with Crippen LogP contribution in [0.2, 0.25) is 0 Å². The summed E-state index contributed by atoms with van der Waals surface area (Å²) in [6, 6.07) is 3.94. The van der Waals surface area contributed by atoms with Gasteiger partial charge < -0.3 is 0 Å². The Morgan fingerprint density at radius 3 is 2.20 bits per heavy atom. The Kier molecular flexibility index (Phi) is 7.12. The third-order valence-electron chi connectivity index (χ3n) is 4.44. The number of fused-ring (bicyclic) bond motifs is 1. The maximum absolute atomic E-state index is 12.5. The smallest absolute Gasteiger partial charge is 0.187 e. The van der Waals surface area contributed by atoms with E-state index in [-0.39, 0.29) is 16.6 Å². The number of hydrogen-bond donors (Lipinski definition) is 0. The van der Waals surface area contributed by atoms with Gasteiger partial charge >= 0.3 is 0 Å². The molecule has 0 spiro atoms. The van der Waals surface area contributed by atoms with E-state index in [9.17, 15) is 4.79 Å². The molecule has 0 saturated heterocycles. The molecule has 0 bridgehead atoms. The van der Waals surface area contributed by atoms with Crippen molar-refractivity contribution < 1.29 is 4.79 Å². The highest BCUT2D eigenvalue weighted by molar-refractivity contribution is 6.01. The minimum atomic E-state index is -0.283. The lowest BCUT2D eigenvalue weighted by Gasteiger charge is -2.46. The summed E-state index contributed by atoms with van der Waals surface area (Å²) in [6.45, 7) is 16.5. The highest BCUT2D eigenvalue weighted by Gasteiger charge is 2.50. The summed E-state index contributed by atoms with van der Waals surface area (Å²) in [4.78, 5) is 16.8. The number of Topliss-reactive ketones (excluding diaryl/α,β-unsaturated/α-hetero) is 1. The predicted molar refractivity (Wildman–Crippen MR) is 87.1 cm³/mol. The van der Waals surface area contributed by atoms with E-state index in [0.717, 1.165) is 18.4 Å². The van der Waals surface area contributed by atoms with Gasteiger partial charge in [0.25, 0.3) is 0 Å². The summed E-state index contributed by atoms with van der Waals surface area (Å²) < 4.78 is 0. The minimum Gasteiger partial charge on any atom is -0.292 e. The fraction of sp³-hybridized carbons (Fsp3) is 0.667. The molecular formula is C18H31NO. The number of hydrogen-bond acceptors (Lipinski definition) is 2. The van der Waals surface area contributed by atoms with Crippen LogP contribution in [0, 0.1) is 10.8 Å². The molecule has 2 heteroatoms. The van der Waals surface area contributed by atoms with Crippen molar-refractivity contribution >= 4 is 5.78 Å². The Morgan fingerprint density at radius 1 is 1.15 bits per heavy atom. The molecule has 0 fully saturated rings. The zero-order valence-corrected chi connectivity index (χ0v) is 14.5. The van der Waals surface area contributed by atoms with Crippen molar-refractivity contribution in [2.75, 3.05) is 0 Å². The number of nitrogens with zero attached hydrogens (tertiary/aromatic N) is 1. The first-order valence-corrected chi connectivity index (χ1v) is 7.91. The first kappa shape index (κ1) is 18.8. The molecule has 0 radical (unpaired) electrons. The average Bonchev–Trinajstić information content (AvgIpc) is 2.48. The zero-order valence-electron chi connectivity index (χ0n) is 14.5. The van der Waals surface area contributed by atoms with Crippen molar-refractivity contribution in [1.29, 1.82) is 0 Å². The predicted octanol–water partition coefficient (Wildman–Crippen LogP) is 5.32. The summed E-state index contributed by atoms with van der Waals surface area (Å²) in [5.41, 5.74) is 1.51. The number of ketones is 1. The van der Waals surface area contributed by atoms with E-state index in [0.29, 0.717) is 5.69 Å². The van der Waals surface area contributed by atoms with Crippen molar-refractivity contribution in [2.24, 2.45) is 10.8 Å². The topological polar surface area (TPSA) is 30.0 Å². The van der Waals surface area contributed by atoms with Crippen molar-refractivity contribution in [1.82, 2.24) is 4.98 Å². The third-order valence-corrected chi connectivity index (χ3v) is 4.44. The first-order chi connectivity index (χ1) is 9.42. The van der Waals surface area contributed by atoms with Gasteiger partial charge in [-0.3, -0.25) is 9.78 Å². The van der Waals surface area contributed by atoms with Gasteiger partial charge in [0.1, 0.15) is 5.69 Å². The number of pyridine rings is 1. The third kappa shape index (κ3) is 3.11. The molecule has 1 unspecified atom stereocenters. The number of rotatable bonds is 1. The molecule has 20 heavy (non-hydrogen) atoms. The maximum Gasteiger partial charge on any atom is 0.187 e. The monoisotopic (exact) mass is 277 g/mol. The van der Waals surface area contributed by atoms with Crippen LogP contribution in [0.1, 0.15) is 77.9 Å². The van der Waals surface area contributed by atoms with E-state index in [1.165, 1.54) is 0 Å². The van der Waals surface area contributed by atoms with Gasteiger partial charge in [0.15, 0.2) is 5.78 Å². The normalized spacial score (nSPS) is 22.7. The number of carbonyl (C=O) groups excluding carboxylic acids is 1. The fourth-order valence-corrected chi connectivity index (χ4v) is 2.66. The highest BCUT2D eigenvalue weighted by atomic mass is 16.1. The van der Waals surface area contributed by atoms with Gasteiger partial charge in [0.2, 0.25) is 0 Å². The van der Waals surface area contributed by atoms with E-state index in [2.05, 4.69) is 32.7 Å². The lowest BCUT2D eigenvalue weighted by molar-refractivity contribution is 0.0437. The van der Waals surface area contributed by atoms with Crippen LogP contribution in [0.3, 0.4) is 0 Å². The molecular weight excluding hydrogens is 246 g/mol. The van der Waals surface area contributed by atoms with Crippen molar-refractivity contribution in [3.63, 3.8) is 0 Å². The second-order valence-electron chi connectivity index (χ2n) is 5.59. The number of aromatic nitrogens is 1. The van der Waals surface area contributed by atoms with Crippen LogP contribution in [-0.2, 0) is 6.42 Å². The SMILES string of the molecule is CC.CC.CCC1(C)C(=O)c2ncccc2CC1(C)C. The van der Waals surface area contributed by atoms with E-state index < -0.39 is 0 Å². The Hall–Kier alpha value is -1.18. The molecule has 0 amide bonds. The van der Waals surface area contributed by atoms with Gasteiger partial charge in [-0.15, -0.1) is 0 Å². The van der Waals surface area contributed by atoms with Crippen molar-refractivity contribution in [3.05, 3.63) is 29.6 Å². The fourth-order valence-electron chi connectivity index (χ4n) is 2.66. The standard InChI is InChI=1S/C14H19NO.2C2H6/c1-5-14(4)12(16)11-10(7-6-8-15-11)9-13(14,2)3;2*1-2/h6-8H,5,9H2,1-4H3;2*1-2H3. The summed E-state index contributed by atoms with van der Waals surface area (Å²) in [5, 5.41) is 0. The Morgan fingerprint density at radius 2 is 1.70 bits per heavy atom. The van der Waals surface area contributed by atoms with Crippen LogP contribution < -0.4 is 0 Å². The molecule has 1 aliphatic rings. The minimum absolute atomic E-state index is 0.00880. The molecule has 1 aromatic rings. The lowest BCUT2D eigenvalue weighted by atomic mass is 9.56. The van der Waals surface area contributed by atoms with Gasteiger partial charge in [-0.1, -0.05) is 61.5 Å². The van der Waals surface area contributed by atoms with E-state index in [1.54, 1.807) is 6.20 Å². The first-order valence-electron chi connectivity index (χ1n) is 7.91. The van der Waals surface area contributed by atoms with E-state index in [1.807, 2.05) is 39.8 Å². The second kappa shape index (κ2) is 7.56. The summed E-state index contributed by atoms with van der Waals surface area (Å²) in [5.74, 6) is 0.210. The molecule has 2 rings (SSSR count). The molecule has 1 aliphatic carbocycles. The molecule has 0 aliphatic heterocycles. The van der Waals surface area contributed by atoms with Crippen LogP contribution in [-0.4, -0.2) is 10.8 Å². The lowest BCUT2D eigenvalue weighted by Crippen LogP contribution is -2.47. The van der Waals surface area contributed by atoms with Gasteiger partial charge in [-0.2, -0.15) is 0 Å². The van der Waals surface area contributed by atoms with Crippen LogP contribution >= 0.6 is 0 Å². The molecule has 114 valence electrons. The van der Waals surface area contributed by atoms with Crippen molar-refractivity contribution in [3.8, 4) is 0 Å². The van der Waals surface area contributed by atoms with Gasteiger partial charge in [-0.05, 0) is 29.9 Å². The number of carbonyl (C=O) groups is 1. The summed E-state index contributed by atoms with van der Waals surface area (Å²) >= 11 is 0. The average molecular weight is 277 g/mol. The highest BCUT2D eigenvalue weighted by Crippen LogP contribution is 2.49. The van der Waals surface area contributed by atoms with Gasteiger partial charge in [0.05, 0.1) is 0 Å². The largest absolute Gasteiger partial charge is 0.292 e. The summed E-state index contributed by atoms with van der Waals surface area (Å²) in [7, 11) is 0. The second-order valence-corrected chi connectivity index (χ2v) is 5.59. The molecule has 2 nitrogen and oxygen atoms in total. The molecule has 1 atom stereocenters. The molecule has 0 aromatic carbocycles. The Balaban J connectivity index is 0.000000829. The van der Waals surface area contributed by atoms with Crippen LogP contribution in [0.25, 0.3) is 0 Å².